The van der Waals surface area contributed by atoms with Gasteiger partial charge >= 0.3 is 11.9 Å². The Bertz CT molecular complexity index is 1710. The molecule has 232 valence electrons. The van der Waals surface area contributed by atoms with Crippen molar-refractivity contribution < 1.29 is 84.8 Å². The summed E-state index contributed by atoms with van der Waals surface area (Å²) in [5.74, 6) is -16.1. The van der Waals surface area contributed by atoms with Crippen molar-refractivity contribution in [3.8, 4) is 62.9 Å². The van der Waals surface area contributed by atoms with E-state index in [4.69, 9.17) is 14.2 Å². The summed E-state index contributed by atoms with van der Waals surface area (Å²) < 4.78 is 15.7. The van der Waals surface area contributed by atoms with Crippen molar-refractivity contribution in [2.45, 2.75) is 24.6 Å². The highest BCUT2D eigenvalue weighted by Crippen LogP contribution is 2.53. The lowest BCUT2D eigenvalue weighted by molar-refractivity contribution is -0.264. The average molecular weight is 618 g/mol. The number of hydrogen-bond acceptors (Lipinski definition) is 17. The number of hydrogen-bond donors (Lipinski definition) is 11. The third-order valence-corrected chi connectivity index (χ3v) is 7.17. The van der Waals surface area contributed by atoms with Gasteiger partial charge in [-0.05, 0) is 24.3 Å². The molecule has 2 aliphatic rings. The number of phenols is 9. The van der Waals surface area contributed by atoms with Crippen LogP contribution in [-0.4, -0.2) is 105 Å². The highest BCUT2D eigenvalue weighted by molar-refractivity contribution is 6.11. The van der Waals surface area contributed by atoms with Crippen LogP contribution in [0.25, 0.3) is 11.1 Å². The maximum atomic E-state index is 14.2. The monoisotopic (exact) mass is 618 g/mol. The molecule has 0 amide bonds. The van der Waals surface area contributed by atoms with Crippen LogP contribution in [0.15, 0.2) is 24.3 Å². The molecule has 17 heteroatoms. The molecule has 3 aromatic rings. The fourth-order valence-corrected chi connectivity index (χ4v) is 5.01. The number of aromatic hydroxyl groups is 9. The van der Waals surface area contributed by atoms with Gasteiger partial charge in [0.1, 0.15) is 24.9 Å². The Hall–Kier alpha value is -5.65. The Morgan fingerprint density at radius 3 is 1.77 bits per heavy atom. The molecule has 1 unspecified atom stereocenters. The van der Waals surface area contributed by atoms with Crippen LogP contribution in [0.5, 0.6) is 51.7 Å². The van der Waals surface area contributed by atoms with Crippen LogP contribution in [0.4, 0.5) is 0 Å². The first-order valence-corrected chi connectivity index (χ1v) is 12.4. The number of aliphatic hydroxyl groups is 2. The Labute approximate surface area is 243 Å². The first-order chi connectivity index (χ1) is 20.6. The van der Waals surface area contributed by atoms with Crippen LogP contribution in [0.2, 0.25) is 0 Å². The highest BCUT2D eigenvalue weighted by Gasteiger charge is 2.52. The van der Waals surface area contributed by atoms with E-state index in [1.54, 1.807) is 0 Å². The smallest absolute Gasteiger partial charge is 0.339 e. The topological polar surface area (TPSA) is 301 Å². The molecule has 44 heavy (non-hydrogen) atoms. The standard InChI is InChI=1S/C27H22O17/c28-9-1-6(2-10(29)18(9)33)25(39)44-24-16-13(43-27(41)23(24)38)5-42-26(40)8-4-12(31)20(35)22(37)15(8)14-7(17(16)32)3-11(30)19(34)21(14)36/h1-4,13,16,23-24,27-31,33-38,41H,5H2/t13-,16+,23-,24-,27?/m1/s1. The summed E-state index contributed by atoms with van der Waals surface area (Å²) >= 11 is 0. The fraction of sp³-hybridized carbons (Fsp3) is 0.222. The van der Waals surface area contributed by atoms with E-state index in [-0.39, 0.29) is 0 Å². The number of aliphatic hydroxyl groups excluding tert-OH is 2. The van der Waals surface area contributed by atoms with E-state index >= 15 is 0 Å². The molecule has 5 atom stereocenters. The number of carbonyl (C=O) groups is 3. The normalized spacial score (nSPS) is 23.1. The number of cyclic esters (lactones) is 1. The molecule has 0 aliphatic carbocycles. The molecule has 0 bridgehead atoms. The Morgan fingerprint density at radius 1 is 0.705 bits per heavy atom. The second-order valence-electron chi connectivity index (χ2n) is 9.81. The summed E-state index contributed by atoms with van der Waals surface area (Å²) in [5, 5.41) is 113. The minimum Gasteiger partial charge on any atom is -0.504 e. The summed E-state index contributed by atoms with van der Waals surface area (Å²) in [5.41, 5.74) is -3.89. The van der Waals surface area contributed by atoms with E-state index < -0.39 is 134 Å². The predicted molar refractivity (Wildman–Crippen MR) is 137 cm³/mol. The average Bonchev–Trinajstić information content (AvgIpc) is 2.97. The molecule has 5 rings (SSSR count). The number of ether oxygens (including phenoxy) is 3. The third kappa shape index (κ3) is 4.60. The largest absolute Gasteiger partial charge is 0.504 e. The molecular weight excluding hydrogens is 596 g/mol. The number of carbonyl (C=O) groups excluding carboxylic acids is 3. The van der Waals surface area contributed by atoms with Crippen molar-refractivity contribution >= 4 is 17.7 Å². The van der Waals surface area contributed by atoms with Crippen molar-refractivity contribution in [3.63, 3.8) is 0 Å². The SMILES string of the molecule is O=C(O[C@@H]1[C@@H]2C(=O)c3cc(O)c(O)c(O)c3-c3c(cc(O)c(O)c3O)C(=O)OC[C@H]2OC(O)[C@@H]1O)c1cc(O)c(O)c(O)c1. The molecule has 0 aromatic heterocycles. The third-order valence-electron chi connectivity index (χ3n) is 7.17. The van der Waals surface area contributed by atoms with Crippen LogP contribution in [0.3, 0.4) is 0 Å². The number of esters is 2. The molecular formula is C27H22O17. The first-order valence-electron chi connectivity index (χ1n) is 12.4. The lowest BCUT2D eigenvalue weighted by atomic mass is 9.79. The highest BCUT2D eigenvalue weighted by atomic mass is 16.7. The van der Waals surface area contributed by atoms with Gasteiger partial charge in [0.15, 0.2) is 52.3 Å². The molecule has 1 fully saturated rings. The van der Waals surface area contributed by atoms with Crippen molar-refractivity contribution in [2.24, 2.45) is 5.92 Å². The van der Waals surface area contributed by atoms with Gasteiger partial charge in [-0.3, -0.25) is 4.79 Å². The van der Waals surface area contributed by atoms with Gasteiger partial charge in [0.2, 0.25) is 11.5 Å². The molecule has 0 spiro atoms. The van der Waals surface area contributed by atoms with E-state index in [9.17, 15) is 70.6 Å². The molecule has 11 N–H and O–H groups in total. The van der Waals surface area contributed by atoms with Crippen LogP contribution in [-0.2, 0) is 14.2 Å². The zero-order chi connectivity index (χ0) is 32.4. The second-order valence-corrected chi connectivity index (χ2v) is 9.81. The molecule has 2 heterocycles. The van der Waals surface area contributed by atoms with Gasteiger partial charge in [0, 0.05) is 16.7 Å². The van der Waals surface area contributed by atoms with Crippen LogP contribution in [0, 0.1) is 5.92 Å². The number of benzene rings is 3. The van der Waals surface area contributed by atoms with Crippen LogP contribution >= 0.6 is 0 Å². The van der Waals surface area contributed by atoms with E-state index in [0.717, 1.165) is 0 Å². The second kappa shape index (κ2) is 10.6. The Morgan fingerprint density at radius 2 is 1.20 bits per heavy atom. The lowest BCUT2D eigenvalue weighted by Crippen LogP contribution is -2.59. The van der Waals surface area contributed by atoms with Gasteiger partial charge in [-0.1, -0.05) is 0 Å². The molecule has 1 saturated heterocycles. The van der Waals surface area contributed by atoms with E-state index in [1.807, 2.05) is 0 Å². The first kappa shape index (κ1) is 29.8. The predicted octanol–water partition coefficient (Wildman–Crippen LogP) is -0.0230. The molecule has 0 radical (unpaired) electrons. The van der Waals surface area contributed by atoms with E-state index in [2.05, 4.69) is 0 Å². The van der Waals surface area contributed by atoms with Gasteiger partial charge in [-0.15, -0.1) is 0 Å². The Kier molecular flexibility index (Phi) is 7.16. The fourth-order valence-electron chi connectivity index (χ4n) is 5.01. The number of phenolic OH excluding ortho intramolecular Hbond substituents is 9. The van der Waals surface area contributed by atoms with E-state index in [1.165, 1.54) is 0 Å². The summed E-state index contributed by atoms with van der Waals surface area (Å²) in [6.07, 6.45) is -8.21. The van der Waals surface area contributed by atoms with Crippen LogP contribution in [0.1, 0.15) is 31.1 Å². The molecule has 17 nitrogen and oxygen atoms in total. The van der Waals surface area contributed by atoms with E-state index in [0.29, 0.717) is 24.3 Å². The zero-order valence-corrected chi connectivity index (χ0v) is 21.8. The zero-order valence-electron chi connectivity index (χ0n) is 21.8. The Balaban J connectivity index is 1.72. The summed E-state index contributed by atoms with van der Waals surface area (Å²) in [4.78, 5) is 40.3. The van der Waals surface area contributed by atoms with Gasteiger partial charge in [-0.2, -0.15) is 0 Å². The van der Waals surface area contributed by atoms with Crippen molar-refractivity contribution in [2.75, 3.05) is 6.61 Å². The maximum absolute atomic E-state index is 14.2. The minimum atomic E-state index is -2.20. The van der Waals surface area contributed by atoms with Gasteiger partial charge in [-0.25, -0.2) is 9.59 Å². The van der Waals surface area contributed by atoms with Crippen molar-refractivity contribution in [1.29, 1.82) is 0 Å². The quantitative estimate of drug-likeness (QED) is 0.133. The van der Waals surface area contributed by atoms with Crippen LogP contribution < -0.4 is 0 Å². The molecule has 3 aromatic carbocycles. The van der Waals surface area contributed by atoms with Gasteiger partial charge in [0.25, 0.3) is 0 Å². The number of ketones is 1. The van der Waals surface area contributed by atoms with Crippen molar-refractivity contribution in [3.05, 3.63) is 41.0 Å². The molecule has 2 aliphatic heterocycles. The summed E-state index contributed by atoms with van der Waals surface area (Å²) in [6.45, 7) is -0.916. The summed E-state index contributed by atoms with van der Waals surface area (Å²) in [7, 11) is 0. The molecule has 0 saturated carbocycles. The van der Waals surface area contributed by atoms with Gasteiger partial charge in [0.05, 0.1) is 17.0 Å². The summed E-state index contributed by atoms with van der Waals surface area (Å²) in [6, 6.07) is 2.53. The minimum absolute atomic E-state index is 0.580. The number of Topliss-reactive ketones (excluding diaryl/α,β-unsaturated/α-hetero) is 1. The maximum Gasteiger partial charge on any atom is 0.339 e. The number of fused-ring (bicyclic) bond motifs is 4. The number of rotatable bonds is 2. The lowest BCUT2D eigenvalue weighted by Gasteiger charge is -2.42. The van der Waals surface area contributed by atoms with Crippen molar-refractivity contribution in [1.82, 2.24) is 0 Å². The van der Waals surface area contributed by atoms with Gasteiger partial charge < -0.3 is 70.4 Å².